The van der Waals surface area contributed by atoms with Crippen LogP contribution in [0.5, 0.6) is 0 Å². The number of benzene rings is 2. The maximum Gasteiger partial charge on any atom is 0.416 e. The number of H-pyrrole nitrogens is 1. The minimum Gasteiger partial charge on any atom is -0.364 e. The van der Waals surface area contributed by atoms with Crippen LogP contribution >= 0.6 is 0 Å². The van der Waals surface area contributed by atoms with Crippen LogP contribution in [0.1, 0.15) is 16.1 Å². The van der Waals surface area contributed by atoms with Crippen molar-refractivity contribution in [1.29, 1.82) is 0 Å². The average molecular weight is 330 g/mol. The first kappa shape index (κ1) is 15.9. The molecule has 3 N–H and O–H groups in total. The van der Waals surface area contributed by atoms with E-state index in [4.69, 9.17) is 5.73 Å². The summed E-state index contributed by atoms with van der Waals surface area (Å²) in [4.78, 5) is 14.0. The van der Waals surface area contributed by atoms with Gasteiger partial charge in [0.05, 0.1) is 5.56 Å². The van der Waals surface area contributed by atoms with E-state index in [0.717, 1.165) is 17.7 Å². The molecule has 0 fully saturated rings. The smallest absolute Gasteiger partial charge is 0.364 e. The lowest BCUT2D eigenvalue weighted by molar-refractivity contribution is -0.137. The molecule has 3 rings (SSSR count). The van der Waals surface area contributed by atoms with Crippen LogP contribution in [-0.4, -0.2) is 10.9 Å². The summed E-state index contributed by atoms with van der Waals surface area (Å²) in [6.45, 7) is 0. The van der Waals surface area contributed by atoms with Crippen LogP contribution in [0.15, 0.2) is 60.7 Å². The minimum atomic E-state index is -4.37. The Labute approximate surface area is 135 Å². The summed E-state index contributed by atoms with van der Waals surface area (Å²) in [6, 6.07) is 15.5. The predicted molar refractivity (Wildman–Crippen MR) is 85.2 cm³/mol. The average Bonchev–Trinajstić information content (AvgIpc) is 3.05. The van der Waals surface area contributed by atoms with E-state index in [9.17, 15) is 18.0 Å². The summed E-state index contributed by atoms with van der Waals surface area (Å²) in [5.41, 5.74) is 7.48. The lowest BCUT2D eigenvalue weighted by atomic mass is 10.0. The molecule has 1 amide bonds. The maximum absolute atomic E-state index is 12.8. The molecule has 0 spiro atoms. The topological polar surface area (TPSA) is 58.9 Å². The van der Waals surface area contributed by atoms with Crippen LogP contribution in [-0.2, 0) is 6.18 Å². The Balaban J connectivity index is 1.90. The number of hydrogen-bond acceptors (Lipinski definition) is 1. The van der Waals surface area contributed by atoms with Gasteiger partial charge < -0.3 is 10.7 Å². The second-order valence-corrected chi connectivity index (χ2v) is 5.31. The molecule has 0 aliphatic heterocycles. The number of nitrogens with two attached hydrogens (primary N) is 1. The van der Waals surface area contributed by atoms with Gasteiger partial charge in [-0.05, 0) is 41.0 Å². The highest BCUT2D eigenvalue weighted by atomic mass is 19.4. The minimum absolute atomic E-state index is 0.298. The zero-order valence-electron chi connectivity index (χ0n) is 12.4. The quantitative estimate of drug-likeness (QED) is 0.731. The third-order valence-corrected chi connectivity index (χ3v) is 3.67. The predicted octanol–water partition coefficient (Wildman–Crippen LogP) is 4.47. The van der Waals surface area contributed by atoms with E-state index in [2.05, 4.69) is 4.98 Å². The molecule has 1 heterocycles. The summed E-state index contributed by atoms with van der Waals surface area (Å²) in [5, 5.41) is 0. The number of aromatic amines is 1. The summed E-state index contributed by atoms with van der Waals surface area (Å²) in [5.74, 6) is -0.554. The Bertz CT molecular complexity index is 880. The fourth-order valence-electron chi connectivity index (χ4n) is 2.42. The van der Waals surface area contributed by atoms with E-state index < -0.39 is 17.6 Å². The summed E-state index contributed by atoms with van der Waals surface area (Å²) in [7, 11) is 0. The number of halogens is 3. The molecule has 0 unspecified atom stereocenters. The highest BCUT2D eigenvalue weighted by Gasteiger charge is 2.30. The van der Waals surface area contributed by atoms with Gasteiger partial charge >= 0.3 is 6.18 Å². The fraction of sp³-hybridized carbons (Fsp3) is 0.0556. The number of hydrogen-bond donors (Lipinski definition) is 2. The molecule has 0 aliphatic rings. The van der Waals surface area contributed by atoms with E-state index >= 15 is 0 Å². The molecular formula is C18H13F3N2O. The van der Waals surface area contributed by atoms with Gasteiger partial charge in [0.25, 0.3) is 5.91 Å². The van der Waals surface area contributed by atoms with E-state index in [1.807, 2.05) is 0 Å². The molecule has 1 aromatic heterocycles. The van der Waals surface area contributed by atoms with Gasteiger partial charge in [0.2, 0.25) is 0 Å². The van der Waals surface area contributed by atoms with Gasteiger partial charge in [-0.25, -0.2) is 0 Å². The third kappa shape index (κ3) is 3.17. The van der Waals surface area contributed by atoms with Crippen molar-refractivity contribution < 1.29 is 18.0 Å². The molecule has 3 aromatic rings. The SMILES string of the molecule is NC(=O)c1ccc(-c2ccc(-c3cccc(C(F)(F)F)c3)cc2)[nH]1. The van der Waals surface area contributed by atoms with Crippen LogP contribution < -0.4 is 5.73 Å². The van der Waals surface area contributed by atoms with Crippen molar-refractivity contribution in [2.24, 2.45) is 5.73 Å². The van der Waals surface area contributed by atoms with Gasteiger partial charge in [-0.3, -0.25) is 4.79 Å². The molecule has 0 saturated heterocycles. The molecule has 122 valence electrons. The molecule has 0 bridgehead atoms. The first-order valence-corrected chi connectivity index (χ1v) is 7.11. The number of nitrogens with one attached hydrogen (secondary N) is 1. The van der Waals surface area contributed by atoms with Gasteiger partial charge in [0.15, 0.2) is 0 Å². The molecule has 6 heteroatoms. The Morgan fingerprint density at radius 3 is 2.12 bits per heavy atom. The summed E-state index contributed by atoms with van der Waals surface area (Å²) in [6.07, 6.45) is -4.37. The van der Waals surface area contributed by atoms with E-state index in [1.165, 1.54) is 6.07 Å². The van der Waals surface area contributed by atoms with Crippen LogP contribution in [0, 0.1) is 0 Å². The van der Waals surface area contributed by atoms with Gasteiger partial charge in [-0.15, -0.1) is 0 Å². The highest BCUT2D eigenvalue weighted by Crippen LogP contribution is 2.32. The largest absolute Gasteiger partial charge is 0.416 e. The number of alkyl halides is 3. The summed E-state index contributed by atoms with van der Waals surface area (Å²) < 4.78 is 38.4. The van der Waals surface area contributed by atoms with Crippen LogP contribution in [0.3, 0.4) is 0 Å². The van der Waals surface area contributed by atoms with Gasteiger partial charge in [-0.2, -0.15) is 13.2 Å². The lowest BCUT2D eigenvalue weighted by Gasteiger charge is -2.09. The molecule has 0 radical (unpaired) electrons. The Morgan fingerprint density at radius 1 is 0.875 bits per heavy atom. The lowest BCUT2D eigenvalue weighted by Crippen LogP contribution is -2.10. The number of aromatic nitrogens is 1. The molecule has 0 atom stereocenters. The highest BCUT2D eigenvalue weighted by molar-refractivity contribution is 5.92. The second kappa shape index (κ2) is 5.88. The van der Waals surface area contributed by atoms with Gasteiger partial charge in [0.1, 0.15) is 5.69 Å². The summed E-state index contributed by atoms with van der Waals surface area (Å²) >= 11 is 0. The zero-order valence-corrected chi connectivity index (χ0v) is 12.4. The Hall–Kier alpha value is -3.02. The van der Waals surface area contributed by atoms with Crippen molar-refractivity contribution in [3.05, 3.63) is 71.9 Å². The number of amides is 1. The van der Waals surface area contributed by atoms with E-state index in [0.29, 0.717) is 22.5 Å². The normalized spacial score (nSPS) is 11.5. The third-order valence-electron chi connectivity index (χ3n) is 3.67. The van der Waals surface area contributed by atoms with E-state index in [-0.39, 0.29) is 0 Å². The zero-order chi connectivity index (χ0) is 17.3. The van der Waals surface area contributed by atoms with Crippen molar-refractivity contribution in [1.82, 2.24) is 4.98 Å². The molecule has 24 heavy (non-hydrogen) atoms. The number of rotatable bonds is 3. The van der Waals surface area contributed by atoms with Gasteiger partial charge in [0, 0.05) is 5.69 Å². The molecule has 3 nitrogen and oxygen atoms in total. The molecular weight excluding hydrogens is 317 g/mol. The number of carbonyl (C=O) groups excluding carboxylic acids is 1. The molecule has 2 aromatic carbocycles. The Morgan fingerprint density at radius 2 is 1.54 bits per heavy atom. The van der Waals surface area contributed by atoms with Gasteiger partial charge in [-0.1, -0.05) is 36.4 Å². The van der Waals surface area contributed by atoms with Crippen LogP contribution in [0.4, 0.5) is 13.2 Å². The molecule has 0 saturated carbocycles. The standard InChI is InChI=1S/C18H13F3N2O/c19-18(20,21)14-3-1-2-13(10-14)11-4-6-12(7-5-11)15-8-9-16(23-15)17(22)24/h1-10,23H,(H2,22,24). The van der Waals surface area contributed by atoms with Crippen molar-refractivity contribution >= 4 is 5.91 Å². The second-order valence-electron chi connectivity index (χ2n) is 5.31. The van der Waals surface area contributed by atoms with Crippen molar-refractivity contribution in [2.45, 2.75) is 6.18 Å². The molecule has 0 aliphatic carbocycles. The maximum atomic E-state index is 12.8. The van der Waals surface area contributed by atoms with Crippen molar-refractivity contribution in [3.8, 4) is 22.4 Å². The monoisotopic (exact) mass is 330 g/mol. The number of carbonyl (C=O) groups is 1. The van der Waals surface area contributed by atoms with Crippen molar-refractivity contribution in [2.75, 3.05) is 0 Å². The van der Waals surface area contributed by atoms with Crippen LogP contribution in [0.25, 0.3) is 22.4 Å². The van der Waals surface area contributed by atoms with Crippen LogP contribution in [0.2, 0.25) is 0 Å². The van der Waals surface area contributed by atoms with Crippen molar-refractivity contribution in [3.63, 3.8) is 0 Å². The number of primary amides is 1. The first-order valence-electron chi connectivity index (χ1n) is 7.11. The fourth-order valence-corrected chi connectivity index (χ4v) is 2.42. The van der Waals surface area contributed by atoms with E-state index in [1.54, 1.807) is 42.5 Å². The Kier molecular flexibility index (Phi) is 3.89. The first-order chi connectivity index (χ1) is 11.3.